The lowest BCUT2D eigenvalue weighted by molar-refractivity contribution is 0.259. The Bertz CT molecular complexity index is 905. The first kappa shape index (κ1) is 24.4. The maximum atomic E-state index is 12.6. The third-order valence-corrected chi connectivity index (χ3v) is 6.30. The van der Waals surface area contributed by atoms with E-state index < -0.39 is 10.0 Å². The number of sulfonamides is 1. The number of rotatable bonds is 8. The van der Waals surface area contributed by atoms with Gasteiger partial charge < -0.3 is 19.2 Å². The summed E-state index contributed by atoms with van der Waals surface area (Å²) in [5.41, 5.74) is 1.37. The van der Waals surface area contributed by atoms with Crippen LogP contribution in [0, 0.1) is 0 Å². The van der Waals surface area contributed by atoms with Crippen molar-refractivity contribution in [3.8, 4) is 0 Å². The summed E-state index contributed by atoms with van der Waals surface area (Å²) in [4.78, 5) is 6.70. The molecule has 1 N–H and O–H groups in total. The number of aromatic nitrogens is 1. The molecule has 1 saturated heterocycles. The molecule has 0 saturated carbocycles. The smallest absolute Gasteiger partial charge is 0.220 e. The first-order chi connectivity index (χ1) is 13.9. The van der Waals surface area contributed by atoms with Gasteiger partial charge >= 0.3 is 0 Å². The van der Waals surface area contributed by atoms with Gasteiger partial charge in [0.05, 0.1) is 18.5 Å². The maximum absolute atomic E-state index is 12.6. The van der Waals surface area contributed by atoms with Crippen molar-refractivity contribution in [2.24, 2.45) is 4.99 Å². The molecule has 0 atom stereocenters. The topological polar surface area (TPSA) is 104 Å². The number of hydrogen-bond acceptors (Lipinski definition) is 6. The zero-order valence-corrected chi connectivity index (χ0v) is 20.1. The summed E-state index contributed by atoms with van der Waals surface area (Å²) in [5.74, 6) is 1.51. The van der Waals surface area contributed by atoms with Gasteiger partial charge in [-0.15, -0.1) is 24.0 Å². The van der Waals surface area contributed by atoms with Gasteiger partial charge in [-0.2, -0.15) is 4.31 Å². The number of nitrogens with one attached hydrogen (secondary N) is 1. The molecule has 1 aliphatic heterocycles. The van der Waals surface area contributed by atoms with Gasteiger partial charge in [0.1, 0.15) is 17.8 Å². The second-order valence-corrected chi connectivity index (χ2v) is 8.96. The predicted octanol–water partition coefficient (Wildman–Crippen LogP) is 2.10. The van der Waals surface area contributed by atoms with Gasteiger partial charge in [0, 0.05) is 45.2 Å². The summed E-state index contributed by atoms with van der Waals surface area (Å²) in [6.07, 6.45) is 3.77. The fraction of sp³-hybridized carbons (Fsp3) is 0.474. The minimum absolute atomic E-state index is 0. The van der Waals surface area contributed by atoms with Crippen LogP contribution in [0.5, 0.6) is 0 Å². The lowest BCUT2D eigenvalue weighted by Gasteiger charge is -2.35. The maximum Gasteiger partial charge on any atom is 0.220 e. The Morgan fingerprint density at radius 3 is 2.63 bits per heavy atom. The molecule has 2 aromatic heterocycles. The Labute approximate surface area is 194 Å². The van der Waals surface area contributed by atoms with Crippen molar-refractivity contribution in [3.63, 3.8) is 0 Å². The average molecular weight is 549 g/mol. The lowest BCUT2D eigenvalue weighted by Crippen LogP contribution is -2.54. The molecule has 0 aliphatic carbocycles. The van der Waals surface area contributed by atoms with Crippen LogP contribution in [0.1, 0.15) is 18.4 Å². The highest BCUT2D eigenvalue weighted by Gasteiger charge is 2.29. The Hall–Kier alpha value is -1.86. The number of piperazine rings is 1. The molecule has 11 heteroatoms. The van der Waals surface area contributed by atoms with E-state index in [0.29, 0.717) is 45.0 Å². The Balaban J connectivity index is 0.00000320. The Morgan fingerprint density at radius 2 is 2.03 bits per heavy atom. The van der Waals surface area contributed by atoms with Crippen LogP contribution < -0.4 is 5.32 Å². The van der Waals surface area contributed by atoms with E-state index in [9.17, 15) is 8.42 Å². The van der Waals surface area contributed by atoms with Crippen LogP contribution in [-0.2, 0) is 22.2 Å². The fourth-order valence-electron chi connectivity index (χ4n) is 3.00. The Morgan fingerprint density at radius 1 is 1.27 bits per heavy atom. The van der Waals surface area contributed by atoms with E-state index in [1.807, 2.05) is 19.1 Å². The molecule has 3 rings (SSSR count). The van der Waals surface area contributed by atoms with Crippen LogP contribution in [0.2, 0.25) is 0 Å². The SMILES string of the molecule is C=C(C)CN=C(NCCc1ccco1)N1CCN(S(=O)(=O)Cc2ccon2)CC1.I. The minimum Gasteiger partial charge on any atom is -0.469 e. The molecule has 0 radical (unpaired) electrons. The van der Waals surface area contributed by atoms with Gasteiger partial charge in [0.15, 0.2) is 5.96 Å². The van der Waals surface area contributed by atoms with Crippen molar-refractivity contribution >= 4 is 40.0 Å². The third-order valence-electron chi connectivity index (χ3n) is 4.49. The van der Waals surface area contributed by atoms with Gasteiger partial charge in [-0.25, -0.2) is 13.4 Å². The summed E-state index contributed by atoms with van der Waals surface area (Å²) in [6, 6.07) is 5.37. The zero-order valence-electron chi connectivity index (χ0n) is 17.0. The Kier molecular flexibility index (Phi) is 9.37. The van der Waals surface area contributed by atoms with E-state index in [4.69, 9.17) is 8.94 Å². The third kappa shape index (κ3) is 7.13. The number of hydrogen-bond donors (Lipinski definition) is 1. The first-order valence-corrected chi connectivity index (χ1v) is 11.1. The van der Waals surface area contributed by atoms with E-state index >= 15 is 0 Å². The molecule has 0 amide bonds. The van der Waals surface area contributed by atoms with E-state index in [2.05, 4.69) is 26.9 Å². The fourth-order valence-corrected chi connectivity index (χ4v) is 4.42. The molecule has 0 unspecified atom stereocenters. The molecule has 1 aliphatic rings. The van der Waals surface area contributed by atoms with Crippen LogP contribution in [-0.4, -0.2) is 68.0 Å². The van der Waals surface area contributed by atoms with E-state index in [1.54, 1.807) is 12.3 Å². The van der Waals surface area contributed by atoms with Crippen LogP contribution >= 0.6 is 24.0 Å². The van der Waals surface area contributed by atoms with Gasteiger partial charge in [-0.05, 0) is 19.1 Å². The molecular weight excluding hydrogens is 521 g/mol. The van der Waals surface area contributed by atoms with Gasteiger partial charge in [0.2, 0.25) is 10.0 Å². The second kappa shape index (κ2) is 11.5. The molecule has 9 nitrogen and oxygen atoms in total. The van der Waals surface area contributed by atoms with Crippen LogP contribution in [0.15, 0.2) is 56.8 Å². The molecule has 0 aromatic carbocycles. The zero-order chi connectivity index (χ0) is 20.7. The number of furan rings is 1. The molecular formula is C19H28IN5O4S. The number of nitrogens with zero attached hydrogens (tertiary/aromatic N) is 4. The number of halogens is 1. The highest BCUT2D eigenvalue weighted by Crippen LogP contribution is 2.13. The van der Waals surface area contributed by atoms with E-state index in [0.717, 1.165) is 23.7 Å². The van der Waals surface area contributed by atoms with Gasteiger partial charge in [0.25, 0.3) is 0 Å². The van der Waals surface area contributed by atoms with Gasteiger partial charge in [-0.3, -0.25) is 0 Å². The summed E-state index contributed by atoms with van der Waals surface area (Å²) < 4.78 is 36.8. The van der Waals surface area contributed by atoms with Crippen LogP contribution in [0.3, 0.4) is 0 Å². The molecule has 166 valence electrons. The normalized spacial score (nSPS) is 15.6. The van der Waals surface area contributed by atoms with E-state index in [1.165, 1.54) is 10.6 Å². The molecule has 1 fully saturated rings. The average Bonchev–Trinajstić information content (AvgIpc) is 3.38. The summed E-state index contributed by atoms with van der Waals surface area (Å²) >= 11 is 0. The molecule has 30 heavy (non-hydrogen) atoms. The predicted molar refractivity (Wildman–Crippen MR) is 125 cm³/mol. The van der Waals surface area contributed by atoms with Crippen molar-refractivity contribution in [3.05, 3.63) is 54.3 Å². The number of aliphatic imine (C=N–C) groups is 1. The largest absolute Gasteiger partial charge is 0.469 e. The standard InChI is InChI=1S/C19H27N5O4S.HI/c1-16(2)14-21-19(20-7-5-18-4-3-12-27-18)23-8-10-24(11-9-23)29(25,26)15-17-6-13-28-22-17;/h3-4,6,12-13H,1,5,7-11,14-15H2,2H3,(H,20,21);1H. The highest BCUT2D eigenvalue weighted by atomic mass is 127. The van der Waals surface area contributed by atoms with Crippen molar-refractivity contribution in [2.75, 3.05) is 39.3 Å². The molecule has 3 heterocycles. The van der Waals surface area contributed by atoms with Crippen molar-refractivity contribution in [1.82, 2.24) is 19.7 Å². The summed E-state index contributed by atoms with van der Waals surface area (Å²) in [5, 5.41) is 7.06. The first-order valence-electron chi connectivity index (χ1n) is 9.51. The molecule has 0 spiro atoms. The minimum atomic E-state index is -3.43. The van der Waals surface area contributed by atoms with Crippen molar-refractivity contribution in [1.29, 1.82) is 0 Å². The number of guanidine groups is 1. The van der Waals surface area contributed by atoms with Gasteiger partial charge in [-0.1, -0.05) is 17.3 Å². The van der Waals surface area contributed by atoms with Crippen LogP contribution in [0.25, 0.3) is 0 Å². The molecule has 0 bridgehead atoms. The highest BCUT2D eigenvalue weighted by molar-refractivity contribution is 14.0. The van der Waals surface area contributed by atoms with Crippen molar-refractivity contribution in [2.45, 2.75) is 19.1 Å². The summed E-state index contributed by atoms with van der Waals surface area (Å²) in [7, 11) is -3.43. The van der Waals surface area contributed by atoms with E-state index in [-0.39, 0.29) is 29.7 Å². The monoisotopic (exact) mass is 549 g/mol. The quantitative estimate of drug-likeness (QED) is 0.233. The second-order valence-electron chi connectivity index (χ2n) is 6.99. The van der Waals surface area contributed by atoms with Crippen molar-refractivity contribution < 1.29 is 17.4 Å². The summed E-state index contributed by atoms with van der Waals surface area (Å²) in [6.45, 7) is 8.93. The van der Waals surface area contributed by atoms with Crippen LogP contribution in [0.4, 0.5) is 0 Å². The lowest BCUT2D eigenvalue weighted by atomic mass is 10.3. The molecule has 2 aromatic rings.